The van der Waals surface area contributed by atoms with Crippen LogP contribution in [0.4, 0.5) is 0 Å². The predicted molar refractivity (Wildman–Crippen MR) is 45.0 cm³/mol. The number of rotatable bonds is 2. The smallest absolute Gasteiger partial charge is 0.308 e. The molecular weight excluding hydrogens is 140 g/mol. The summed E-state index contributed by atoms with van der Waals surface area (Å²) in [5.74, 6) is 0.360. The lowest BCUT2D eigenvalue weighted by Crippen LogP contribution is -1.98. The van der Waals surface area contributed by atoms with Crippen LogP contribution in [0.1, 0.15) is 27.7 Å². The predicted octanol–water partition coefficient (Wildman–Crippen LogP) is 2.42. The summed E-state index contributed by atoms with van der Waals surface area (Å²) >= 11 is 0. The van der Waals surface area contributed by atoms with E-state index in [1.54, 1.807) is 6.08 Å². The summed E-state index contributed by atoms with van der Waals surface area (Å²) in [6, 6.07) is 0. The zero-order valence-corrected chi connectivity index (χ0v) is 7.47. The van der Waals surface area contributed by atoms with E-state index in [1.165, 1.54) is 6.92 Å². The summed E-state index contributed by atoms with van der Waals surface area (Å²) in [6.45, 7) is 7.08. The van der Waals surface area contributed by atoms with Gasteiger partial charge in [0.1, 0.15) is 5.76 Å². The molecule has 0 unspecified atom stereocenters. The topological polar surface area (TPSA) is 26.3 Å². The van der Waals surface area contributed by atoms with Gasteiger partial charge in [-0.25, -0.2) is 0 Å². The Morgan fingerprint density at radius 1 is 1.27 bits per heavy atom. The lowest BCUT2D eigenvalue weighted by molar-refractivity contribution is -0.136. The Bertz CT molecular complexity index is 196. The minimum Gasteiger partial charge on any atom is -0.427 e. The zero-order chi connectivity index (χ0) is 8.85. The first kappa shape index (κ1) is 9.95. The third-order valence-corrected chi connectivity index (χ3v) is 1.06. The van der Waals surface area contributed by atoms with Gasteiger partial charge in [0, 0.05) is 6.92 Å². The molecule has 2 nitrogen and oxygen atoms in total. The number of hydrogen-bond acceptors (Lipinski definition) is 2. The molecule has 0 saturated carbocycles. The van der Waals surface area contributed by atoms with E-state index in [9.17, 15) is 4.79 Å². The van der Waals surface area contributed by atoms with E-state index in [0.717, 1.165) is 5.57 Å². The maximum Gasteiger partial charge on any atom is 0.308 e. The molecule has 0 bridgehead atoms. The van der Waals surface area contributed by atoms with E-state index in [1.807, 2.05) is 26.8 Å². The summed E-state index contributed by atoms with van der Waals surface area (Å²) in [6.07, 6.45) is 3.61. The molecule has 0 atom stereocenters. The fourth-order valence-corrected chi connectivity index (χ4v) is 0.609. The second kappa shape index (κ2) is 4.72. The fraction of sp³-hybridized carbons (Fsp3) is 0.444. The quantitative estimate of drug-likeness (QED) is 0.347. The zero-order valence-electron chi connectivity index (χ0n) is 7.47. The fourth-order valence-electron chi connectivity index (χ4n) is 0.609. The number of allylic oxidation sites excluding steroid dienone is 3. The van der Waals surface area contributed by atoms with Crippen molar-refractivity contribution in [2.75, 3.05) is 0 Å². The van der Waals surface area contributed by atoms with Gasteiger partial charge in [0.25, 0.3) is 0 Å². The molecule has 0 radical (unpaired) electrons. The molecule has 0 spiro atoms. The first-order valence-corrected chi connectivity index (χ1v) is 3.56. The van der Waals surface area contributed by atoms with E-state index < -0.39 is 0 Å². The highest BCUT2D eigenvalue weighted by Crippen LogP contribution is 2.06. The third-order valence-electron chi connectivity index (χ3n) is 1.06. The van der Waals surface area contributed by atoms with Crippen LogP contribution < -0.4 is 0 Å². The number of carbonyl (C=O) groups excluding carboxylic acids is 1. The summed E-state index contributed by atoms with van der Waals surface area (Å²) in [5, 5.41) is 0. The van der Waals surface area contributed by atoms with E-state index in [-0.39, 0.29) is 5.97 Å². The summed E-state index contributed by atoms with van der Waals surface area (Å²) in [4.78, 5) is 10.5. The summed E-state index contributed by atoms with van der Waals surface area (Å²) in [7, 11) is 0. The van der Waals surface area contributed by atoms with Crippen molar-refractivity contribution < 1.29 is 9.53 Å². The standard InChI is InChI=1S/C9H14O2/c1-5-6-9(7(2)3)11-8(4)10/h5-6H,1-4H3. The minimum absolute atomic E-state index is 0.278. The molecule has 0 amide bonds. The van der Waals surface area contributed by atoms with Gasteiger partial charge in [-0.2, -0.15) is 0 Å². The van der Waals surface area contributed by atoms with Crippen LogP contribution in [0, 0.1) is 0 Å². The molecule has 0 aromatic rings. The highest BCUT2D eigenvalue weighted by Gasteiger charge is 1.98. The molecule has 0 N–H and O–H groups in total. The molecular formula is C9H14O2. The molecule has 0 aliphatic rings. The van der Waals surface area contributed by atoms with Gasteiger partial charge >= 0.3 is 5.97 Å². The Kier molecular flexibility index (Phi) is 4.27. The monoisotopic (exact) mass is 154 g/mol. The maximum absolute atomic E-state index is 10.5. The first-order valence-electron chi connectivity index (χ1n) is 3.56. The van der Waals surface area contributed by atoms with Crippen LogP contribution in [0.15, 0.2) is 23.5 Å². The van der Waals surface area contributed by atoms with Gasteiger partial charge in [-0.05, 0) is 32.4 Å². The first-order chi connectivity index (χ1) is 5.07. The lowest BCUT2D eigenvalue weighted by Gasteiger charge is -2.02. The SMILES string of the molecule is CC=CC(OC(C)=O)=C(C)C. The van der Waals surface area contributed by atoms with Gasteiger partial charge in [-0.1, -0.05) is 6.08 Å². The van der Waals surface area contributed by atoms with Gasteiger partial charge in [0.05, 0.1) is 0 Å². The largest absolute Gasteiger partial charge is 0.427 e. The van der Waals surface area contributed by atoms with Crippen LogP contribution >= 0.6 is 0 Å². The Hall–Kier alpha value is -1.05. The molecule has 11 heavy (non-hydrogen) atoms. The van der Waals surface area contributed by atoms with Crippen molar-refractivity contribution in [3.05, 3.63) is 23.5 Å². The van der Waals surface area contributed by atoms with Crippen LogP contribution in [0.25, 0.3) is 0 Å². The molecule has 0 aromatic heterocycles. The van der Waals surface area contributed by atoms with Crippen LogP contribution in [-0.2, 0) is 9.53 Å². The average molecular weight is 154 g/mol. The van der Waals surface area contributed by atoms with Crippen LogP contribution in [-0.4, -0.2) is 5.97 Å². The van der Waals surface area contributed by atoms with E-state index >= 15 is 0 Å². The van der Waals surface area contributed by atoms with E-state index in [0.29, 0.717) is 5.76 Å². The van der Waals surface area contributed by atoms with Crippen molar-refractivity contribution in [1.29, 1.82) is 0 Å². The Morgan fingerprint density at radius 2 is 1.82 bits per heavy atom. The molecule has 0 fully saturated rings. The van der Waals surface area contributed by atoms with Crippen LogP contribution in [0.2, 0.25) is 0 Å². The van der Waals surface area contributed by atoms with Crippen LogP contribution in [0.3, 0.4) is 0 Å². The maximum atomic E-state index is 10.5. The van der Waals surface area contributed by atoms with Crippen molar-refractivity contribution in [1.82, 2.24) is 0 Å². The molecule has 0 rings (SSSR count). The Labute approximate surface area is 67.6 Å². The van der Waals surface area contributed by atoms with Crippen LogP contribution in [0.5, 0.6) is 0 Å². The third kappa shape index (κ3) is 4.37. The van der Waals surface area contributed by atoms with Gasteiger partial charge in [-0.15, -0.1) is 0 Å². The second-order valence-corrected chi connectivity index (χ2v) is 2.46. The second-order valence-electron chi connectivity index (χ2n) is 2.46. The Balaban J connectivity index is 4.37. The van der Waals surface area contributed by atoms with E-state index in [4.69, 9.17) is 4.74 Å². The average Bonchev–Trinajstić information content (AvgIpc) is 1.86. The summed E-state index contributed by atoms with van der Waals surface area (Å²) in [5.41, 5.74) is 0.998. The molecule has 0 aromatic carbocycles. The van der Waals surface area contributed by atoms with Gasteiger partial charge in [-0.3, -0.25) is 4.79 Å². The molecule has 0 saturated heterocycles. The number of carbonyl (C=O) groups is 1. The summed E-state index contributed by atoms with van der Waals surface area (Å²) < 4.78 is 4.91. The molecule has 0 aliphatic heterocycles. The van der Waals surface area contributed by atoms with Gasteiger partial charge < -0.3 is 4.74 Å². The lowest BCUT2D eigenvalue weighted by atomic mass is 10.3. The van der Waals surface area contributed by atoms with Crippen molar-refractivity contribution in [3.63, 3.8) is 0 Å². The molecule has 62 valence electrons. The van der Waals surface area contributed by atoms with Gasteiger partial charge in [0.2, 0.25) is 0 Å². The highest BCUT2D eigenvalue weighted by atomic mass is 16.5. The Morgan fingerprint density at radius 3 is 2.09 bits per heavy atom. The molecule has 0 heterocycles. The number of esters is 1. The minimum atomic E-state index is -0.278. The van der Waals surface area contributed by atoms with Crippen molar-refractivity contribution in [2.24, 2.45) is 0 Å². The van der Waals surface area contributed by atoms with Crippen molar-refractivity contribution >= 4 is 5.97 Å². The number of ether oxygens (including phenoxy) is 1. The van der Waals surface area contributed by atoms with Crippen molar-refractivity contribution in [2.45, 2.75) is 27.7 Å². The highest BCUT2D eigenvalue weighted by molar-refractivity contribution is 5.67. The van der Waals surface area contributed by atoms with Crippen molar-refractivity contribution in [3.8, 4) is 0 Å². The van der Waals surface area contributed by atoms with E-state index in [2.05, 4.69) is 0 Å². The normalized spacial score (nSPS) is 9.82. The number of hydrogen-bond donors (Lipinski definition) is 0. The molecule has 0 aliphatic carbocycles. The molecule has 2 heteroatoms. The van der Waals surface area contributed by atoms with Gasteiger partial charge in [0.15, 0.2) is 0 Å².